The molecule has 1 amide bonds. The van der Waals surface area contributed by atoms with E-state index in [4.69, 9.17) is 4.74 Å². The van der Waals surface area contributed by atoms with Gasteiger partial charge in [-0.15, -0.1) is 0 Å². The van der Waals surface area contributed by atoms with E-state index in [0.717, 1.165) is 0 Å². The maximum absolute atomic E-state index is 13.1. The van der Waals surface area contributed by atoms with Crippen molar-refractivity contribution in [3.8, 4) is 0 Å². The Morgan fingerprint density at radius 3 is 2.56 bits per heavy atom. The number of carbonyl (C=O) groups excluding carboxylic acids is 3. The molecule has 3 rings (SSSR count). The lowest BCUT2D eigenvalue weighted by molar-refractivity contribution is -0.384. The molecule has 0 radical (unpaired) electrons. The van der Waals surface area contributed by atoms with Gasteiger partial charge < -0.3 is 24.6 Å². The van der Waals surface area contributed by atoms with Crippen molar-refractivity contribution in [2.45, 2.75) is 19.9 Å². The minimum Gasteiger partial charge on any atom is -0.507 e. The molecular formula is C23H26N4O7. The van der Waals surface area contributed by atoms with Crippen LogP contribution in [0, 0.1) is 24.0 Å². The van der Waals surface area contributed by atoms with E-state index < -0.39 is 34.4 Å². The Bertz CT molecular complexity index is 1210. The number of aliphatic hydroxyl groups excluding tert-OH is 1. The molecule has 2 aromatic rings. The molecule has 1 fully saturated rings. The van der Waals surface area contributed by atoms with Gasteiger partial charge in [0.25, 0.3) is 17.4 Å². The standard InChI is InChI=1S/C23H26N4O7/c1-12-16(13(2)24-18(12)23(31)34-5)20(28)17-19(14-7-6-8-15(11-14)27(32)33)26(10-9-25(3)4)22(30)21(17)29/h6-8,11,19,24,28H,9-10H2,1-5H3/b20-17+/t19-/m1/s1. The Balaban J connectivity index is 2.26. The predicted octanol–water partition coefficient (Wildman–Crippen LogP) is 2.31. The molecule has 180 valence electrons. The van der Waals surface area contributed by atoms with Crippen LogP contribution in [0.1, 0.15) is 38.9 Å². The number of non-ortho nitro benzene ring substituents is 1. The summed E-state index contributed by atoms with van der Waals surface area (Å²) in [6, 6.07) is 4.56. The lowest BCUT2D eigenvalue weighted by Crippen LogP contribution is -2.35. The molecule has 0 spiro atoms. The number of likely N-dealkylation sites (N-methyl/N-ethyl adjacent to an activating group) is 1. The fourth-order valence-corrected chi connectivity index (χ4v) is 4.12. The molecule has 2 N–H and O–H groups in total. The summed E-state index contributed by atoms with van der Waals surface area (Å²) >= 11 is 0. The summed E-state index contributed by atoms with van der Waals surface area (Å²) in [5.74, 6) is -2.85. The minimum absolute atomic E-state index is 0.107. The van der Waals surface area contributed by atoms with Gasteiger partial charge in [0.2, 0.25) is 0 Å². The van der Waals surface area contributed by atoms with Crippen LogP contribution < -0.4 is 0 Å². The van der Waals surface area contributed by atoms with E-state index in [1.807, 2.05) is 4.90 Å². The summed E-state index contributed by atoms with van der Waals surface area (Å²) in [7, 11) is 4.83. The number of hydrogen-bond donors (Lipinski definition) is 2. The number of carbonyl (C=O) groups is 3. The Kier molecular flexibility index (Phi) is 6.87. The third-order valence-corrected chi connectivity index (χ3v) is 5.79. The number of H-pyrrole nitrogens is 1. The number of nitro benzene ring substituents is 1. The van der Waals surface area contributed by atoms with Crippen LogP contribution >= 0.6 is 0 Å². The molecule has 11 nitrogen and oxygen atoms in total. The number of nitrogens with one attached hydrogen (secondary N) is 1. The number of nitrogens with zero attached hydrogens (tertiary/aromatic N) is 3. The second kappa shape index (κ2) is 9.48. The van der Waals surface area contributed by atoms with Crippen LogP contribution in [0.3, 0.4) is 0 Å². The molecule has 2 heterocycles. The molecular weight excluding hydrogens is 444 g/mol. The lowest BCUT2D eigenvalue weighted by atomic mass is 9.94. The van der Waals surface area contributed by atoms with Crippen molar-refractivity contribution in [2.24, 2.45) is 0 Å². The topological polar surface area (TPSA) is 146 Å². The molecule has 0 bridgehead atoms. The zero-order valence-electron chi connectivity index (χ0n) is 19.5. The number of Topliss-reactive ketones (excluding diaryl/α,β-unsaturated/α-hetero) is 1. The highest BCUT2D eigenvalue weighted by Crippen LogP contribution is 2.41. The van der Waals surface area contributed by atoms with Crippen molar-refractivity contribution in [1.82, 2.24) is 14.8 Å². The molecule has 11 heteroatoms. The zero-order valence-corrected chi connectivity index (χ0v) is 19.5. The number of amides is 1. The van der Waals surface area contributed by atoms with Crippen molar-refractivity contribution < 1.29 is 29.2 Å². The predicted molar refractivity (Wildman–Crippen MR) is 122 cm³/mol. The summed E-state index contributed by atoms with van der Waals surface area (Å²) in [5.41, 5.74) is 0.944. The highest BCUT2D eigenvalue weighted by molar-refractivity contribution is 6.46. The molecule has 0 unspecified atom stereocenters. The fourth-order valence-electron chi connectivity index (χ4n) is 4.12. The lowest BCUT2D eigenvalue weighted by Gasteiger charge is -2.26. The molecule has 1 saturated heterocycles. The summed E-state index contributed by atoms with van der Waals surface area (Å²) in [5, 5.41) is 22.7. The maximum atomic E-state index is 13.1. The van der Waals surface area contributed by atoms with Crippen molar-refractivity contribution in [3.05, 3.63) is 68.0 Å². The quantitative estimate of drug-likeness (QED) is 0.157. The number of aromatic amines is 1. The van der Waals surface area contributed by atoms with Crippen molar-refractivity contribution in [1.29, 1.82) is 0 Å². The van der Waals surface area contributed by atoms with Gasteiger partial charge in [-0.05, 0) is 39.1 Å². The molecule has 34 heavy (non-hydrogen) atoms. The maximum Gasteiger partial charge on any atom is 0.354 e. The molecule has 1 aliphatic rings. The Hall–Kier alpha value is -3.99. The SMILES string of the molecule is COC(=O)c1[nH]c(C)c(/C(O)=C2\C(=O)C(=O)N(CCN(C)C)[C@@H]2c2cccc([N+](=O)[O-])c2)c1C. The minimum atomic E-state index is -1.05. The normalized spacial score (nSPS) is 17.5. The van der Waals surface area contributed by atoms with Crippen LogP contribution in [0.25, 0.3) is 5.76 Å². The van der Waals surface area contributed by atoms with Gasteiger partial charge in [-0.3, -0.25) is 19.7 Å². The number of esters is 1. The number of benzene rings is 1. The average Bonchev–Trinajstić information content (AvgIpc) is 3.23. The second-order valence-corrected chi connectivity index (χ2v) is 8.26. The average molecular weight is 470 g/mol. The first kappa shape index (κ1) is 24.6. The van der Waals surface area contributed by atoms with E-state index in [9.17, 15) is 29.6 Å². The van der Waals surface area contributed by atoms with Gasteiger partial charge >= 0.3 is 5.97 Å². The number of ketones is 1. The molecule has 1 aromatic carbocycles. The van der Waals surface area contributed by atoms with Crippen LogP contribution in [-0.2, 0) is 14.3 Å². The highest BCUT2D eigenvalue weighted by atomic mass is 16.6. The van der Waals surface area contributed by atoms with E-state index in [1.165, 1.54) is 30.2 Å². The van der Waals surface area contributed by atoms with E-state index >= 15 is 0 Å². The van der Waals surface area contributed by atoms with Crippen LogP contribution in [0.5, 0.6) is 0 Å². The fraction of sp³-hybridized carbons (Fsp3) is 0.348. The zero-order chi connectivity index (χ0) is 25.3. The first-order valence-electron chi connectivity index (χ1n) is 10.4. The number of aryl methyl sites for hydroxylation is 1. The number of aliphatic hydroxyl groups is 1. The second-order valence-electron chi connectivity index (χ2n) is 8.26. The van der Waals surface area contributed by atoms with E-state index in [2.05, 4.69) is 4.98 Å². The van der Waals surface area contributed by atoms with E-state index in [-0.39, 0.29) is 29.1 Å². The highest BCUT2D eigenvalue weighted by Gasteiger charge is 2.46. The van der Waals surface area contributed by atoms with Crippen LogP contribution in [-0.4, -0.2) is 76.8 Å². The number of hydrogen-bond acceptors (Lipinski definition) is 8. The van der Waals surface area contributed by atoms with Crippen molar-refractivity contribution in [2.75, 3.05) is 34.3 Å². The summed E-state index contributed by atoms with van der Waals surface area (Å²) in [6.07, 6.45) is 0. The van der Waals surface area contributed by atoms with Crippen molar-refractivity contribution >= 4 is 29.1 Å². The number of methoxy groups -OCH3 is 1. The number of nitro groups is 1. The van der Waals surface area contributed by atoms with Gasteiger partial charge in [-0.2, -0.15) is 0 Å². The van der Waals surface area contributed by atoms with E-state index in [0.29, 0.717) is 23.4 Å². The smallest absolute Gasteiger partial charge is 0.354 e. The van der Waals surface area contributed by atoms with Crippen LogP contribution in [0.15, 0.2) is 29.8 Å². The first-order chi connectivity index (χ1) is 16.0. The van der Waals surface area contributed by atoms with Gasteiger partial charge in [-0.25, -0.2) is 4.79 Å². The largest absolute Gasteiger partial charge is 0.507 e. The van der Waals surface area contributed by atoms with Gasteiger partial charge in [0.05, 0.1) is 23.6 Å². The Labute approximate surface area is 195 Å². The third-order valence-electron chi connectivity index (χ3n) is 5.79. The molecule has 0 aliphatic carbocycles. The summed E-state index contributed by atoms with van der Waals surface area (Å²) in [6.45, 7) is 3.77. The molecule has 1 aliphatic heterocycles. The summed E-state index contributed by atoms with van der Waals surface area (Å²) in [4.78, 5) is 55.0. The van der Waals surface area contributed by atoms with Crippen molar-refractivity contribution in [3.63, 3.8) is 0 Å². The molecule has 0 saturated carbocycles. The van der Waals surface area contributed by atoms with Gasteiger partial charge in [0.1, 0.15) is 11.5 Å². The number of likely N-dealkylation sites (tertiary alicyclic amines) is 1. The number of ether oxygens (including phenoxy) is 1. The summed E-state index contributed by atoms with van der Waals surface area (Å²) < 4.78 is 4.76. The third kappa shape index (κ3) is 4.29. The molecule has 1 atom stereocenters. The first-order valence-corrected chi connectivity index (χ1v) is 10.4. The number of aromatic nitrogens is 1. The Morgan fingerprint density at radius 1 is 1.29 bits per heavy atom. The molecule has 1 aromatic heterocycles. The Morgan fingerprint density at radius 2 is 1.97 bits per heavy atom. The van der Waals surface area contributed by atoms with Crippen LogP contribution in [0.4, 0.5) is 5.69 Å². The van der Waals surface area contributed by atoms with E-state index in [1.54, 1.807) is 34.0 Å². The monoisotopic (exact) mass is 470 g/mol. The van der Waals surface area contributed by atoms with Gasteiger partial charge in [-0.1, -0.05) is 12.1 Å². The van der Waals surface area contributed by atoms with Gasteiger partial charge in [0, 0.05) is 36.5 Å². The van der Waals surface area contributed by atoms with Gasteiger partial charge in [0.15, 0.2) is 0 Å². The van der Waals surface area contributed by atoms with Crippen LogP contribution in [0.2, 0.25) is 0 Å². The number of rotatable bonds is 7.